The van der Waals surface area contributed by atoms with Gasteiger partial charge in [-0.1, -0.05) is 27.7 Å². The molecule has 0 heterocycles. The fourth-order valence-electron chi connectivity index (χ4n) is 0.662. The van der Waals surface area contributed by atoms with Crippen LogP contribution in [0.3, 0.4) is 0 Å². The summed E-state index contributed by atoms with van der Waals surface area (Å²) in [6, 6.07) is 0. The second-order valence-corrected chi connectivity index (χ2v) is 5.07. The molecule has 0 aromatic heterocycles. The lowest BCUT2D eigenvalue weighted by molar-refractivity contribution is 0.124. The fourth-order valence-corrected chi connectivity index (χ4v) is 1.35. The Kier molecular flexibility index (Phi) is 7.18. The highest BCUT2D eigenvalue weighted by Crippen LogP contribution is 2.08. The number of thioether (sulfide) groups is 1. The van der Waals surface area contributed by atoms with Crippen molar-refractivity contribution in [2.45, 2.75) is 32.9 Å². The van der Waals surface area contributed by atoms with Crippen molar-refractivity contribution in [3.63, 3.8) is 0 Å². The van der Waals surface area contributed by atoms with E-state index in [-0.39, 0.29) is 0 Å². The first kappa shape index (κ1) is 11.3. The SMILES string of the molecule is CC(C)COCCSC(C)C. The Balaban J connectivity index is 2.91. The van der Waals surface area contributed by atoms with E-state index in [1.54, 1.807) is 0 Å². The van der Waals surface area contributed by atoms with Crippen molar-refractivity contribution in [2.24, 2.45) is 5.92 Å². The molecule has 0 rings (SSSR count). The van der Waals surface area contributed by atoms with Crippen LogP contribution in [-0.2, 0) is 4.74 Å². The molecule has 0 N–H and O–H groups in total. The van der Waals surface area contributed by atoms with E-state index in [1.807, 2.05) is 11.8 Å². The molecule has 0 aliphatic carbocycles. The Morgan fingerprint density at radius 2 is 1.82 bits per heavy atom. The van der Waals surface area contributed by atoms with Gasteiger partial charge in [0.2, 0.25) is 0 Å². The Hall–Kier alpha value is 0.310. The fraction of sp³-hybridized carbons (Fsp3) is 1.00. The minimum absolute atomic E-state index is 0.666. The Morgan fingerprint density at radius 3 is 2.27 bits per heavy atom. The van der Waals surface area contributed by atoms with Crippen LogP contribution < -0.4 is 0 Å². The van der Waals surface area contributed by atoms with Gasteiger partial charge < -0.3 is 4.74 Å². The zero-order chi connectivity index (χ0) is 8.69. The number of ether oxygens (including phenoxy) is 1. The summed E-state index contributed by atoms with van der Waals surface area (Å²) in [6.07, 6.45) is 0. The molecule has 0 aromatic rings. The summed E-state index contributed by atoms with van der Waals surface area (Å²) >= 11 is 1.96. The Bertz CT molecular complexity index is 71.6. The molecule has 0 amide bonds. The van der Waals surface area contributed by atoms with Crippen LogP contribution in [0.25, 0.3) is 0 Å². The first-order chi connectivity index (χ1) is 5.13. The van der Waals surface area contributed by atoms with Crippen molar-refractivity contribution in [2.75, 3.05) is 19.0 Å². The summed E-state index contributed by atoms with van der Waals surface area (Å²) in [5.74, 6) is 1.80. The molecule has 11 heavy (non-hydrogen) atoms. The smallest absolute Gasteiger partial charge is 0.0556 e. The first-order valence-corrected chi connectivity index (χ1v) is 5.37. The average molecular weight is 176 g/mol. The predicted molar refractivity (Wildman–Crippen MR) is 53.3 cm³/mol. The van der Waals surface area contributed by atoms with E-state index >= 15 is 0 Å². The van der Waals surface area contributed by atoms with Gasteiger partial charge in [0, 0.05) is 12.4 Å². The quantitative estimate of drug-likeness (QED) is 0.576. The van der Waals surface area contributed by atoms with Crippen molar-refractivity contribution in [3.05, 3.63) is 0 Å². The molecule has 0 atom stereocenters. The van der Waals surface area contributed by atoms with Gasteiger partial charge in [-0.15, -0.1) is 0 Å². The number of hydrogen-bond acceptors (Lipinski definition) is 2. The molecule has 0 spiro atoms. The van der Waals surface area contributed by atoms with Crippen LogP contribution in [0, 0.1) is 5.92 Å². The van der Waals surface area contributed by atoms with Crippen LogP contribution in [0.15, 0.2) is 0 Å². The topological polar surface area (TPSA) is 9.23 Å². The van der Waals surface area contributed by atoms with E-state index in [2.05, 4.69) is 27.7 Å². The van der Waals surface area contributed by atoms with Crippen molar-refractivity contribution in [1.29, 1.82) is 0 Å². The summed E-state index contributed by atoms with van der Waals surface area (Å²) in [7, 11) is 0. The normalized spacial score (nSPS) is 11.5. The third-order valence-corrected chi connectivity index (χ3v) is 2.20. The first-order valence-electron chi connectivity index (χ1n) is 4.32. The van der Waals surface area contributed by atoms with Crippen LogP contribution >= 0.6 is 11.8 Å². The second kappa shape index (κ2) is 6.99. The van der Waals surface area contributed by atoms with Gasteiger partial charge in [0.1, 0.15) is 0 Å². The molecule has 0 aromatic carbocycles. The zero-order valence-electron chi connectivity index (χ0n) is 8.09. The monoisotopic (exact) mass is 176 g/mol. The third kappa shape index (κ3) is 10.3. The minimum Gasteiger partial charge on any atom is -0.380 e. The highest BCUT2D eigenvalue weighted by atomic mass is 32.2. The maximum absolute atomic E-state index is 5.42. The lowest BCUT2D eigenvalue weighted by atomic mass is 10.2. The third-order valence-electron chi connectivity index (χ3n) is 1.13. The molecule has 2 heteroatoms. The van der Waals surface area contributed by atoms with Gasteiger partial charge >= 0.3 is 0 Å². The minimum atomic E-state index is 0.666. The second-order valence-electron chi connectivity index (χ2n) is 3.39. The van der Waals surface area contributed by atoms with Gasteiger partial charge in [-0.3, -0.25) is 0 Å². The summed E-state index contributed by atoms with van der Waals surface area (Å²) < 4.78 is 5.42. The van der Waals surface area contributed by atoms with Crippen molar-refractivity contribution < 1.29 is 4.74 Å². The molecule has 0 saturated carbocycles. The summed E-state index contributed by atoms with van der Waals surface area (Å²) in [5, 5.41) is 0.734. The molecule has 68 valence electrons. The van der Waals surface area contributed by atoms with Gasteiger partial charge in [0.15, 0.2) is 0 Å². The Morgan fingerprint density at radius 1 is 1.18 bits per heavy atom. The highest BCUT2D eigenvalue weighted by molar-refractivity contribution is 7.99. The molecule has 0 aliphatic rings. The maximum atomic E-state index is 5.42. The van der Waals surface area contributed by atoms with Gasteiger partial charge in [0.25, 0.3) is 0 Å². The summed E-state index contributed by atoms with van der Waals surface area (Å²) in [6.45, 7) is 10.6. The molecule has 0 radical (unpaired) electrons. The largest absolute Gasteiger partial charge is 0.380 e. The van der Waals surface area contributed by atoms with E-state index in [4.69, 9.17) is 4.74 Å². The van der Waals surface area contributed by atoms with Gasteiger partial charge in [-0.25, -0.2) is 0 Å². The van der Waals surface area contributed by atoms with Gasteiger partial charge in [-0.2, -0.15) is 11.8 Å². The average Bonchev–Trinajstić information content (AvgIpc) is 1.85. The zero-order valence-corrected chi connectivity index (χ0v) is 8.91. The summed E-state index contributed by atoms with van der Waals surface area (Å²) in [5.41, 5.74) is 0. The summed E-state index contributed by atoms with van der Waals surface area (Å²) in [4.78, 5) is 0. The van der Waals surface area contributed by atoms with E-state index < -0.39 is 0 Å². The molecule has 0 aliphatic heterocycles. The molecule has 1 nitrogen and oxygen atoms in total. The van der Waals surface area contributed by atoms with Gasteiger partial charge in [0.05, 0.1) is 6.61 Å². The molecular weight excluding hydrogens is 156 g/mol. The van der Waals surface area contributed by atoms with Crippen molar-refractivity contribution >= 4 is 11.8 Å². The van der Waals surface area contributed by atoms with Crippen molar-refractivity contribution in [1.82, 2.24) is 0 Å². The van der Waals surface area contributed by atoms with Crippen LogP contribution in [0.5, 0.6) is 0 Å². The van der Waals surface area contributed by atoms with Crippen LogP contribution in [0.4, 0.5) is 0 Å². The standard InChI is InChI=1S/C9H20OS/c1-8(2)7-10-5-6-11-9(3)4/h8-9H,5-7H2,1-4H3. The maximum Gasteiger partial charge on any atom is 0.0556 e. The van der Waals surface area contributed by atoms with Crippen LogP contribution in [-0.4, -0.2) is 24.2 Å². The van der Waals surface area contributed by atoms with E-state index in [0.717, 1.165) is 24.2 Å². The van der Waals surface area contributed by atoms with E-state index in [9.17, 15) is 0 Å². The number of hydrogen-bond donors (Lipinski definition) is 0. The molecule has 0 fully saturated rings. The molecule has 0 saturated heterocycles. The van der Waals surface area contributed by atoms with E-state index in [0.29, 0.717) is 5.92 Å². The lowest BCUT2D eigenvalue weighted by Gasteiger charge is -2.07. The predicted octanol–water partition coefficient (Wildman–Crippen LogP) is 2.80. The van der Waals surface area contributed by atoms with Crippen molar-refractivity contribution in [3.8, 4) is 0 Å². The molecular formula is C9H20OS. The van der Waals surface area contributed by atoms with Gasteiger partial charge in [-0.05, 0) is 11.2 Å². The molecule has 0 bridgehead atoms. The molecule has 0 unspecified atom stereocenters. The van der Waals surface area contributed by atoms with Crippen LogP contribution in [0.1, 0.15) is 27.7 Å². The lowest BCUT2D eigenvalue weighted by Crippen LogP contribution is -2.05. The van der Waals surface area contributed by atoms with E-state index in [1.165, 1.54) is 0 Å². The van der Waals surface area contributed by atoms with Crippen LogP contribution in [0.2, 0.25) is 0 Å². The number of rotatable bonds is 6. The highest BCUT2D eigenvalue weighted by Gasteiger charge is 1.95. The Labute approximate surface area is 74.9 Å².